The highest BCUT2D eigenvalue weighted by Gasteiger charge is 2.42. The van der Waals surface area contributed by atoms with E-state index in [1.54, 1.807) is 31.3 Å². The molecule has 1 aliphatic rings. The highest BCUT2D eigenvalue weighted by Crippen LogP contribution is 2.41. The van der Waals surface area contributed by atoms with Crippen molar-refractivity contribution in [2.24, 2.45) is 0 Å². The number of nitrogens with one attached hydrogen (secondary N) is 1. The van der Waals surface area contributed by atoms with Gasteiger partial charge in [-0.2, -0.15) is 23.4 Å². The molecule has 5 rings (SSSR count). The number of hydrogen-bond donors (Lipinski definition) is 2. The molecule has 1 aliphatic heterocycles. The molecule has 1 fully saturated rings. The molecule has 12 heteroatoms. The first-order chi connectivity index (χ1) is 16.2. The van der Waals surface area contributed by atoms with Crippen LogP contribution in [0.25, 0.3) is 28.2 Å². The van der Waals surface area contributed by atoms with Crippen molar-refractivity contribution in [1.82, 2.24) is 30.1 Å². The minimum atomic E-state index is -5.23. The van der Waals surface area contributed by atoms with Crippen molar-refractivity contribution in [2.45, 2.75) is 19.0 Å². The lowest BCUT2D eigenvalue weighted by Crippen LogP contribution is -2.40. The Morgan fingerprint density at radius 2 is 1.91 bits per heavy atom. The zero-order valence-corrected chi connectivity index (χ0v) is 17.7. The number of imidazole rings is 1. The van der Waals surface area contributed by atoms with Gasteiger partial charge in [-0.15, -0.1) is 5.10 Å². The second-order valence-electron chi connectivity index (χ2n) is 7.86. The van der Waals surface area contributed by atoms with Gasteiger partial charge in [0.05, 0.1) is 28.8 Å². The third kappa shape index (κ3) is 4.03. The number of nitrogens with zero attached hydrogens (tertiary/aromatic N) is 5. The van der Waals surface area contributed by atoms with Crippen molar-refractivity contribution in [3.63, 3.8) is 0 Å². The maximum absolute atomic E-state index is 13.0. The summed E-state index contributed by atoms with van der Waals surface area (Å²) in [4.78, 5) is 15.9. The monoisotopic (exact) mass is 470 g/mol. The molecule has 3 aromatic heterocycles. The normalized spacial score (nSPS) is 14.2. The van der Waals surface area contributed by atoms with E-state index in [4.69, 9.17) is 0 Å². The van der Waals surface area contributed by atoms with Gasteiger partial charge in [-0.3, -0.25) is 0 Å². The van der Waals surface area contributed by atoms with Crippen LogP contribution >= 0.6 is 0 Å². The zero-order chi connectivity index (χ0) is 24.0. The third-order valence-corrected chi connectivity index (χ3v) is 5.39. The molecule has 1 aromatic carbocycles. The van der Waals surface area contributed by atoms with Crippen LogP contribution in [0.4, 0.5) is 13.2 Å². The molecule has 2 N–H and O–H groups in total. The smallest absolute Gasteiger partial charge is 0.491 e. The summed E-state index contributed by atoms with van der Waals surface area (Å²) in [6.07, 6.45) is -3.56. The number of benzene rings is 1. The van der Waals surface area contributed by atoms with Gasteiger partial charge in [0.2, 0.25) is 0 Å². The van der Waals surface area contributed by atoms with E-state index in [2.05, 4.69) is 30.3 Å². The van der Waals surface area contributed by atoms with Gasteiger partial charge >= 0.3 is 12.1 Å². The minimum absolute atomic E-state index is 0.0544. The molecule has 0 atom stereocenters. The quantitative estimate of drug-likeness (QED) is 0.346. The first kappa shape index (κ1) is 21.8. The number of aromatic nitrogens is 5. The number of rotatable bonds is 4. The van der Waals surface area contributed by atoms with Crippen molar-refractivity contribution in [2.75, 3.05) is 13.1 Å². The van der Waals surface area contributed by atoms with Crippen LogP contribution in [-0.2, 0) is 4.79 Å². The number of aromatic hydroxyl groups is 1. The number of aryl methyl sites for hydroxylation is 1. The predicted molar refractivity (Wildman–Crippen MR) is 113 cm³/mol. The summed E-state index contributed by atoms with van der Waals surface area (Å²) in [5.41, 5.74) is 2.41. The SMILES string of the molecule is Cc1cn2nc(-c3cc(O)c(-c4ccc(C5CNC5)nn4)c(OC(=O)C(F)(F)F)c3)ccc2n1. The van der Waals surface area contributed by atoms with Crippen LogP contribution in [-0.4, -0.2) is 55.1 Å². The highest BCUT2D eigenvalue weighted by molar-refractivity contribution is 5.85. The summed E-state index contributed by atoms with van der Waals surface area (Å²) in [7, 11) is 0. The van der Waals surface area contributed by atoms with E-state index in [1.807, 2.05) is 0 Å². The predicted octanol–water partition coefficient (Wildman–Crippen LogP) is 3.02. The van der Waals surface area contributed by atoms with Gasteiger partial charge in [0.25, 0.3) is 0 Å². The second-order valence-corrected chi connectivity index (χ2v) is 7.86. The number of esters is 1. The van der Waals surface area contributed by atoms with E-state index in [9.17, 15) is 23.1 Å². The Bertz CT molecular complexity index is 1400. The van der Waals surface area contributed by atoms with Crippen molar-refractivity contribution in [1.29, 1.82) is 0 Å². The van der Waals surface area contributed by atoms with E-state index in [0.29, 0.717) is 17.0 Å². The van der Waals surface area contributed by atoms with Crippen LogP contribution in [0.2, 0.25) is 0 Å². The zero-order valence-electron chi connectivity index (χ0n) is 17.7. The molecule has 0 saturated carbocycles. The molecule has 174 valence electrons. The van der Waals surface area contributed by atoms with Crippen LogP contribution in [0.1, 0.15) is 17.3 Å². The number of halogens is 3. The molecular weight excluding hydrogens is 453 g/mol. The molecular formula is C22H17F3N6O3. The Labute approximate surface area is 190 Å². The van der Waals surface area contributed by atoms with E-state index in [-0.39, 0.29) is 22.7 Å². The van der Waals surface area contributed by atoms with Crippen molar-refractivity contribution in [3.8, 4) is 34.0 Å². The number of fused-ring (bicyclic) bond motifs is 1. The molecule has 0 amide bonds. The standard InChI is InChI=1S/C22H17F3N6O3/c1-11-10-31-19(27-11)5-4-15(30-31)12-6-17(32)20(18(7-12)34-21(33)22(23,24)25)16-3-2-14(28-29-16)13-8-26-9-13/h2-7,10,13,26,32H,8-9H2,1H3. The fourth-order valence-corrected chi connectivity index (χ4v) is 3.59. The number of alkyl halides is 3. The Morgan fingerprint density at radius 1 is 1.15 bits per heavy atom. The van der Waals surface area contributed by atoms with Gasteiger partial charge in [0, 0.05) is 24.6 Å². The van der Waals surface area contributed by atoms with Crippen LogP contribution in [0.5, 0.6) is 11.5 Å². The maximum atomic E-state index is 13.0. The average molecular weight is 470 g/mol. The molecule has 0 radical (unpaired) electrons. The van der Waals surface area contributed by atoms with Crippen LogP contribution in [0, 0.1) is 6.92 Å². The molecule has 4 aromatic rings. The molecule has 34 heavy (non-hydrogen) atoms. The molecule has 0 spiro atoms. The Morgan fingerprint density at radius 3 is 2.56 bits per heavy atom. The Balaban J connectivity index is 1.60. The van der Waals surface area contributed by atoms with Crippen molar-refractivity contribution in [3.05, 3.63) is 54.0 Å². The van der Waals surface area contributed by atoms with Crippen LogP contribution in [0.15, 0.2) is 42.6 Å². The van der Waals surface area contributed by atoms with Crippen molar-refractivity contribution < 1.29 is 27.8 Å². The summed E-state index contributed by atoms with van der Waals surface area (Å²) in [6.45, 7) is 3.28. The van der Waals surface area contributed by atoms with Gasteiger partial charge in [-0.05, 0) is 43.3 Å². The molecule has 9 nitrogen and oxygen atoms in total. The average Bonchev–Trinajstić information content (AvgIpc) is 3.11. The highest BCUT2D eigenvalue weighted by atomic mass is 19.4. The van der Waals surface area contributed by atoms with E-state index in [1.165, 1.54) is 22.7 Å². The van der Waals surface area contributed by atoms with Crippen LogP contribution < -0.4 is 10.1 Å². The lowest BCUT2D eigenvalue weighted by molar-refractivity contribution is -0.189. The fourth-order valence-electron chi connectivity index (χ4n) is 3.59. The van der Waals surface area contributed by atoms with Gasteiger partial charge in [0.1, 0.15) is 17.2 Å². The first-order valence-corrected chi connectivity index (χ1v) is 10.2. The summed E-state index contributed by atoms with van der Waals surface area (Å²) in [5, 5.41) is 26.4. The summed E-state index contributed by atoms with van der Waals surface area (Å²) in [6, 6.07) is 8.95. The number of hydrogen-bond acceptors (Lipinski definition) is 8. The maximum Gasteiger partial charge on any atom is 0.491 e. The van der Waals surface area contributed by atoms with E-state index in [0.717, 1.165) is 18.8 Å². The molecule has 0 bridgehead atoms. The second kappa shape index (κ2) is 8.06. The summed E-state index contributed by atoms with van der Waals surface area (Å²) >= 11 is 0. The van der Waals surface area contributed by atoms with Crippen molar-refractivity contribution >= 4 is 11.6 Å². The van der Waals surface area contributed by atoms with E-state index < -0.39 is 23.6 Å². The van der Waals surface area contributed by atoms with Gasteiger partial charge in [-0.25, -0.2) is 14.3 Å². The number of ether oxygens (including phenoxy) is 1. The van der Waals surface area contributed by atoms with Gasteiger partial charge < -0.3 is 15.2 Å². The van der Waals surface area contributed by atoms with Gasteiger partial charge in [-0.1, -0.05) is 0 Å². The number of carbonyl (C=O) groups is 1. The molecule has 0 unspecified atom stereocenters. The lowest BCUT2D eigenvalue weighted by atomic mass is 9.98. The fraction of sp³-hybridized carbons (Fsp3) is 0.227. The number of phenols is 1. The Kier molecular flexibility index (Phi) is 5.16. The molecule has 0 aliphatic carbocycles. The third-order valence-electron chi connectivity index (χ3n) is 5.39. The largest absolute Gasteiger partial charge is 0.507 e. The summed E-state index contributed by atoms with van der Waals surface area (Å²) in [5.74, 6) is -3.20. The molecule has 4 heterocycles. The van der Waals surface area contributed by atoms with Gasteiger partial charge in [0.15, 0.2) is 5.65 Å². The minimum Gasteiger partial charge on any atom is -0.507 e. The lowest BCUT2D eigenvalue weighted by Gasteiger charge is -2.26. The number of carbonyl (C=O) groups excluding carboxylic acids is 1. The first-order valence-electron chi connectivity index (χ1n) is 10.2. The summed E-state index contributed by atoms with van der Waals surface area (Å²) < 4.78 is 45.0. The topological polar surface area (TPSA) is 115 Å². The van der Waals surface area contributed by atoms with Crippen LogP contribution in [0.3, 0.4) is 0 Å². The van der Waals surface area contributed by atoms with E-state index >= 15 is 0 Å². The number of phenolic OH excluding ortho intramolecular Hbond substituents is 1. The Hall–Kier alpha value is -4.06. The molecule has 1 saturated heterocycles.